The summed E-state index contributed by atoms with van der Waals surface area (Å²) in [5.74, 6) is 0.770. The quantitative estimate of drug-likeness (QED) is 0.575. The molecule has 0 aliphatic carbocycles. The Balaban J connectivity index is 1.57. The minimum Gasteiger partial charge on any atom is -0.379 e. The zero-order valence-corrected chi connectivity index (χ0v) is 19.1. The Hall–Kier alpha value is -3.27. The van der Waals surface area contributed by atoms with E-state index < -0.39 is 0 Å². The molecule has 0 atom stereocenters. The maximum Gasteiger partial charge on any atom is 0.254 e. The van der Waals surface area contributed by atoms with Crippen LogP contribution in [0.4, 0.5) is 0 Å². The van der Waals surface area contributed by atoms with E-state index in [1.54, 1.807) is 0 Å². The number of nitrogens with zero attached hydrogens (tertiary/aromatic N) is 3. The molecular formula is C27H30N4O2. The van der Waals surface area contributed by atoms with Gasteiger partial charge in [-0.05, 0) is 29.2 Å². The summed E-state index contributed by atoms with van der Waals surface area (Å²) in [7, 11) is 0. The number of benzene rings is 2. The monoisotopic (exact) mass is 442 g/mol. The fraction of sp³-hybridized carbons (Fsp3) is 0.370. The van der Waals surface area contributed by atoms with E-state index >= 15 is 0 Å². The third-order valence-electron chi connectivity index (χ3n) is 6.10. The average molecular weight is 443 g/mol. The molecule has 1 aromatic heterocycles. The lowest BCUT2D eigenvalue weighted by Crippen LogP contribution is -2.38. The average Bonchev–Trinajstić information content (AvgIpc) is 2.86. The summed E-state index contributed by atoms with van der Waals surface area (Å²) in [6.07, 6.45) is 3.00. The van der Waals surface area contributed by atoms with Crippen molar-refractivity contribution in [2.24, 2.45) is 0 Å². The van der Waals surface area contributed by atoms with Gasteiger partial charge in [0.2, 0.25) is 0 Å². The van der Waals surface area contributed by atoms with Gasteiger partial charge in [0.05, 0.1) is 30.5 Å². The molecule has 1 N–H and O–H groups in total. The summed E-state index contributed by atoms with van der Waals surface area (Å²) in [6.45, 7) is 6.34. The standard InChI is InChI=1S/C27H30N4O2/c1-2-5-26-29-25(12-13-31-14-16-33-17-15-31)24(27(32)30-26)18-20-8-10-21(11-9-20)23-7-4-3-6-22(23)19-28/h3-4,6-11H,2,5,12-18H2,1H3,(H,29,30,32). The minimum atomic E-state index is -0.0377. The molecule has 1 fully saturated rings. The van der Waals surface area contributed by atoms with E-state index in [-0.39, 0.29) is 5.56 Å². The molecule has 0 bridgehead atoms. The van der Waals surface area contributed by atoms with Gasteiger partial charge in [0.25, 0.3) is 5.56 Å². The number of hydrogen-bond acceptors (Lipinski definition) is 5. The predicted octanol–water partition coefficient (Wildman–Crippen LogP) is 3.73. The van der Waals surface area contributed by atoms with Crippen molar-refractivity contribution >= 4 is 0 Å². The number of aromatic nitrogens is 2. The lowest BCUT2D eigenvalue weighted by molar-refractivity contribution is 0.0383. The molecule has 33 heavy (non-hydrogen) atoms. The highest BCUT2D eigenvalue weighted by Gasteiger charge is 2.16. The highest BCUT2D eigenvalue weighted by molar-refractivity contribution is 5.70. The Kier molecular flexibility index (Phi) is 7.66. The van der Waals surface area contributed by atoms with E-state index in [2.05, 4.69) is 22.9 Å². The summed E-state index contributed by atoms with van der Waals surface area (Å²) in [4.78, 5) is 23.2. The van der Waals surface area contributed by atoms with Crippen molar-refractivity contribution in [2.75, 3.05) is 32.8 Å². The molecule has 4 rings (SSSR count). The summed E-state index contributed by atoms with van der Waals surface area (Å²) < 4.78 is 5.45. The molecule has 3 aromatic rings. The molecule has 170 valence electrons. The number of aryl methyl sites for hydroxylation is 1. The minimum absolute atomic E-state index is 0.0377. The van der Waals surface area contributed by atoms with Gasteiger partial charge in [-0.25, -0.2) is 4.98 Å². The van der Waals surface area contributed by atoms with Gasteiger partial charge in [-0.2, -0.15) is 5.26 Å². The molecular weight excluding hydrogens is 412 g/mol. The number of hydrogen-bond donors (Lipinski definition) is 1. The van der Waals surface area contributed by atoms with Crippen molar-refractivity contribution in [3.63, 3.8) is 0 Å². The second-order valence-electron chi connectivity index (χ2n) is 8.42. The Morgan fingerprint density at radius 2 is 1.85 bits per heavy atom. The van der Waals surface area contributed by atoms with E-state index in [4.69, 9.17) is 9.72 Å². The fourth-order valence-corrected chi connectivity index (χ4v) is 4.27. The van der Waals surface area contributed by atoms with Crippen molar-refractivity contribution in [1.29, 1.82) is 5.26 Å². The molecule has 1 saturated heterocycles. The van der Waals surface area contributed by atoms with Crippen LogP contribution in [0.1, 0.15) is 41.6 Å². The molecule has 0 amide bonds. The van der Waals surface area contributed by atoms with Gasteiger partial charge in [-0.3, -0.25) is 9.69 Å². The van der Waals surface area contributed by atoms with Gasteiger partial charge in [-0.15, -0.1) is 0 Å². The molecule has 0 saturated carbocycles. The molecule has 0 radical (unpaired) electrons. The maximum atomic E-state index is 13.0. The maximum absolute atomic E-state index is 13.0. The number of ether oxygens (including phenoxy) is 1. The summed E-state index contributed by atoms with van der Waals surface area (Å²) in [5, 5.41) is 9.39. The van der Waals surface area contributed by atoms with Crippen LogP contribution in [0.15, 0.2) is 53.3 Å². The van der Waals surface area contributed by atoms with Crippen LogP contribution < -0.4 is 5.56 Å². The molecule has 1 aliphatic heterocycles. The van der Waals surface area contributed by atoms with Crippen molar-refractivity contribution in [1.82, 2.24) is 14.9 Å². The Labute approximate surface area is 194 Å². The second kappa shape index (κ2) is 11.0. The number of nitriles is 1. The third kappa shape index (κ3) is 5.75. The van der Waals surface area contributed by atoms with Crippen molar-refractivity contribution in [3.8, 4) is 17.2 Å². The first-order valence-corrected chi connectivity index (χ1v) is 11.7. The van der Waals surface area contributed by atoms with Gasteiger partial charge < -0.3 is 9.72 Å². The first-order chi connectivity index (χ1) is 16.2. The SMILES string of the molecule is CCCc1nc(CCN2CCOCC2)c(Cc2ccc(-c3ccccc3C#N)cc2)c(=O)[nH]1. The number of H-pyrrole nitrogens is 1. The van der Waals surface area contributed by atoms with Gasteiger partial charge in [-0.1, -0.05) is 49.4 Å². The van der Waals surface area contributed by atoms with Crippen LogP contribution in [-0.4, -0.2) is 47.7 Å². The van der Waals surface area contributed by atoms with Crippen LogP contribution in [0.2, 0.25) is 0 Å². The third-order valence-corrected chi connectivity index (χ3v) is 6.10. The normalized spacial score (nSPS) is 14.2. The molecule has 6 heteroatoms. The van der Waals surface area contributed by atoms with Crippen LogP contribution in [0, 0.1) is 11.3 Å². The van der Waals surface area contributed by atoms with Crippen molar-refractivity contribution in [3.05, 3.63) is 87.1 Å². The first kappa shape index (κ1) is 22.9. The molecule has 2 aromatic carbocycles. The lowest BCUT2D eigenvalue weighted by atomic mass is 9.97. The lowest BCUT2D eigenvalue weighted by Gasteiger charge is -2.26. The summed E-state index contributed by atoms with van der Waals surface area (Å²) >= 11 is 0. The Morgan fingerprint density at radius 3 is 2.58 bits per heavy atom. The first-order valence-electron chi connectivity index (χ1n) is 11.7. The predicted molar refractivity (Wildman–Crippen MR) is 129 cm³/mol. The van der Waals surface area contributed by atoms with Crippen LogP contribution in [0.5, 0.6) is 0 Å². The van der Waals surface area contributed by atoms with Crippen molar-refractivity contribution < 1.29 is 4.74 Å². The van der Waals surface area contributed by atoms with Crippen LogP contribution in [0.25, 0.3) is 11.1 Å². The highest BCUT2D eigenvalue weighted by atomic mass is 16.5. The topological polar surface area (TPSA) is 82.0 Å². The van der Waals surface area contributed by atoms with E-state index in [9.17, 15) is 10.1 Å². The smallest absolute Gasteiger partial charge is 0.254 e. The van der Waals surface area contributed by atoms with Gasteiger partial charge in [0.15, 0.2) is 0 Å². The van der Waals surface area contributed by atoms with E-state index in [0.29, 0.717) is 12.0 Å². The summed E-state index contributed by atoms with van der Waals surface area (Å²) in [5.41, 5.74) is 5.22. The molecule has 2 heterocycles. The van der Waals surface area contributed by atoms with E-state index in [0.717, 1.165) is 85.9 Å². The van der Waals surface area contributed by atoms with Gasteiger partial charge in [0.1, 0.15) is 5.82 Å². The van der Waals surface area contributed by atoms with Crippen LogP contribution in [-0.2, 0) is 24.0 Å². The van der Waals surface area contributed by atoms with Gasteiger partial charge >= 0.3 is 0 Å². The number of aromatic amines is 1. The number of rotatable bonds is 8. The highest BCUT2D eigenvalue weighted by Crippen LogP contribution is 2.24. The Morgan fingerprint density at radius 1 is 1.09 bits per heavy atom. The second-order valence-corrected chi connectivity index (χ2v) is 8.42. The largest absolute Gasteiger partial charge is 0.379 e. The van der Waals surface area contributed by atoms with Crippen LogP contribution in [0.3, 0.4) is 0 Å². The zero-order chi connectivity index (χ0) is 23.0. The van der Waals surface area contributed by atoms with Gasteiger partial charge in [0, 0.05) is 44.5 Å². The zero-order valence-electron chi connectivity index (χ0n) is 19.1. The van der Waals surface area contributed by atoms with E-state index in [1.807, 2.05) is 48.5 Å². The van der Waals surface area contributed by atoms with Crippen LogP contribution >= 0.6 is 0 Å². The number of nitrogens with one attached hydrogen (secondary N) is 1. The molecule has 6 nitrogen and oxygen atoms in total. The van der Waals surface area contributed by atoms with E-state index in [1.165, 1.54) is 0 Å². The fourth-order valence-electron chi connectivity index (χ4n) is 4.27. The molecule has 1 aliphatic rings. The summed E-state index contributed by atoms with van der Waals surface area (Å²) in [6, 6.07) is 18.0. The molecule has 0 spiro atoms. The molecule has 0 unspecified atom stereocenters. The number of morpholine rings is 1. The van der Waals surface area contributed by atoms with Crippen molar-refractivity contribution in [2.45, 2.75) is 32.6 Å². The Bertz CT molecular complexity index is 1170.